The molecule has 0 bridgehead atoms. The van der Waals surface area contributed by atoms with Gasteiger partial charge < -0.3 is 5.73 Å². The van der Waals surface area contributed by atoms with Crippen LogP contribution in [-0.2, 0) is 10.0 Å². The van der Waals surface area contributed by atoms with Crippen LogP contribution < -0.4 is 10.5 Å². The molecule has 3 N–H and O–H groups in total. The number of rotatable bonds is 3. The van der Waals surface area contributed by atoms with Gasteiger partial charge in [0, 0.05) is 0 Å². The van der Waals surface area contributed by atoms with Gasteiger partial charge in [-0.2, -0.15) is 0 Å². The maximum absolute atomic E-state index is 13.7. The molecule has 106 valence electrons. The van der Waals surface area contributed by atoms with E-state index >= 15 is 0 Å². The molecule has 0 saturated heterocycles. The van der Waals surface area contributed by atoms with Gasteiger partial charge in [0.1, 0.15) is 0 Å². The summed E-state index contributed by atoms with van der Waals surface area (Å²) in [6, 6.07) is 7.81. The van der Waals surface area contributed by atoms with E-state index in [9.17, 15) is 12.8 Å². The third-order valence-electron chi connectivity index (χ3n) is 2.47. The molecule has 0 spiro atoms. The Labute approximate surface area is 125 Å². The van der Waals surface area contributed by atoms with Crippen LogP contribution in [0.15, 0.2) is 41.3 Å². The number of hydrogen-bond acceptors (Lipinski definition) is 3. The van der Waals surface area contributed by atoms with Crippen LogP contribution >= 0.6 is 23.2 Å². The van der Waals surface area contributed by atoms with Gasteiger partial charge in [0.25, 0.3) is 10.0 Å². The molecule has 2 aromatic carbocycles. The van der Waals surface area contributed by atoms with Crippen molar-refractivity contribution in [3.05, 3.63) is 52.3 Å². The van der Waals surface area contributed by atoms with Gasteiger partial charge in [-0.3, -0.25) is 4.72 Å². The highest BCUT2D eigenvalue weighted by Gasteiger charge is 2.18. The Morgan fingerprint density at radius 2 is 1.80 bits per heavy atom. The summed E-state index contributed by atoms with van der Waals surface area (Å²) in [4.78, 5) is -0.126. The number of hydrogen-bond donors (Lipinski definition) is 2. The van der Waals surface area contributed by atoms with Crippen molar-refractivity contribution in [1.82, 2.24) is 0 Å². The molecule has 2 rings (SSSR count). The Hall–Kier alpha value is -1.50. The number of nitrogens with one attached hydrogen (secondary N) is 1. The molecular formula is C12H9Cl2FN2O2S. The first-order valence-electron chi connectivity index (χ1n) is 5.33. The highest BCUT2D eigenvalue weighted by atomic mass is 35.5. The molecule has 0 saturated carbocycles. The highest BCUT2D eigenvalue weighted by molar-refractivity contribution is 7.92. The molecule has 0 radical (unpaired) electrons. The quantitative estimate of drug-likeness (QED) is 0.843. The molecule has 0 aromatic heterocycles. The second-order valence-corrected chi connectivity index (χ2v) is 6.39. The summed E-state index contributed by atoms with van der Waals surface area (Å²) in [5, 5.41) is 0.0544. The molecule has 0 aliphatic carbocycles. The van der Waals surface area contributed by atoms with E-state index in [1.165, 1.54) is 36.4 Å². The number of benzene rings is 2. The summed E-state index contributed by atoms with van der Waals surface area (Å²) in [6.45, 7) is 0. The zero-order valence-corrected chi connectivity index (χ0v) is 12.2. The Balaban J connectivity index is 2.41. The molecule has 8 heteroatoms. The SMILES string of the molecule is Nc1cc(S(=O)(=O)Nc2cccc(Cl)c2F)ccc1Cl. The fourth-order valence-electron chi connectivity index (χ4n) is 1.48. The van der Waals surface area contributed by atoms with E-state index in [2.05, 4.69) is 4.72 Å². The average molecular weight is 335 g/mol. The predicted octanol–water partition coefficient (Wildman–Crippen LogP) is 3.52. The molecule has 2 aromatic rings. The molecule has 4 nitrogen and oxygen atoms in total. The summed E-state index contributed by atoms with van der Waals surface area (Å²) < 4.78 is 40.0. The molecule has 20 heavy (non-hydrogen) atoms. The van der Waals surface area contributed by atoms with Crippen molar-refractivity contribution in [2.45, 2.75) is 4.90 Å². The summed E-state index contributed by atoms with van der Waals surface area (Å²) in [5.41, 5.74) is 5.41. The van der Waals surface area contributed by atoms with Gasteiger partial charge in [-0.25, -0.2) is 12.8 Å². The van der Waals surface area contributed by atoms with Crippen molar-refractivity contribution in [1.29, 1.82) is 0 Å². The van der Waals surface area contributed by atoms with Crippen molar-refractivity contribution in [3.8, 4) is 0 Å². The first kappa shape index (κ1) is 14.9. The zero-order valence-electron chi connectivity index (χ0n) is 9.90. The molecule has 0 fully saturated rings. The number of anilines is 2. The Morgan fingerprint density at radius 1 is 1.10 bits per heavy atom. The lowest BCUT2D eigenvalue weighted by molar-refractivity contribution is 0.598. The number of nitrogen functional groups attached to an aromatic ring is 1. The van der Waals surface area contributed by atoms with Gasteiger partial charge in [0.05, 0.1) is 26.3 Å². The Bertz CT molecular complexity index is 766. The fourth-order valence-corrected chi connectivity index (χ4v) is 2.86. The van der Waals surface area contributed by atoms with E-state index in [4.69, 9.17) is 28.9 Å². The molecule has 0 amide bonds. The van der Waals surface area contributed by atoms with Crippen LogP contribution in [0.5, 0.6) is 0 Å². The maximum Gasteiger partial charge on any atom is 0.262 e. The summed E-state index contributed by atoms with van der Waals surface area (Å²) >= 11 is 11.3. The van der Waals surface area contributed by atoms with Crippen molar-refractivity contribution < 1.29 is 12.8 Å². The minimum Gasteiger partial charge on any atom is -0.397 e. The first-order chi connectivity index (χ1) is 9.31. The summed E-state index contributed by atoms with van der Waals surface area (Å²) in [7, 11) is -3.98. The smallest absolute Gasteiger partial charge is 0.262 e. The Kier molecular flexibility index (Phi) is 4.08. The van der Waals surface area contributed by atoms with Gasteiger partial charge in [-0.15, -0.1) is 0 Å². The first-order valence-corrected chi connectivity index (χ1v) is 7.57. The van der Waals surface area contributed by atoms with E-state index in [1.807, 2.05) is 0 Å². The van der Waals surface area contributed by atoms with E-state index < -0.39 is 15.8 Å². The van der Waals surface area contributed by atoms with Crippen molar-refractivity contribution in [2.75, 3.05) is 10.5 Å². The zero-order chi connectivity index (χ0) is 14.9. The molecule has 0 heterocycles. The minimum absolute atomic E-state index is 0.112. The van der Waals surface area contributed by atoms with E-state index in [1.54, 1.807) is 0 Å². The van der Waals surface area contributed by atoms with Gasteiger partial charge in [0.15, 0.2) is 5.82 Å². The normalized spacial score (nSPS) is 11.3. The lowest BCUT2D eigenvalue weighted by atomic mass is 10.3. The van der Waals surface area contributed by atoms with Crippen LogP contribution in [0.4, 0.5) is 15.8 Å². The van der Waals surface area contributed by atoms with E-state index in [-0.39, 0.29) is 26.3 Å². The van der Waals surface area contributed by atoms with Crippen LogP contribution in [0.1, 0.15) is 0 Å². The van der Waals surface area contributed by atoms with Crippen LogP contribution in [0.25, 0.3) is 0 Å². The number of sulfonamides is 1. The standard InChI is InChI=1S/C12H9Cl2FN2O2S/c13-8-5-4-7(6-10(8)16)20(18,19)17-11-3-1-2-9(14)12(11)15/h1-6,17H,16H2. The van der Waals surface area contributed by atoms with Crippen LogP contribution in [0.3, 0.4) is 0 Å². The number of halogens is 3. The lowest BCUT2D eigenvalue weighted by Crippen LogP contribution is -2.14. The van der Waals surface area contributed by atoms with Gasteiger partial charge in [-0.05, 0) is 30.3 Å². The largest absolute Gasteiger partial charge is 0.397 e. The van der Waals surface area contributed by atoms with Crippen LogP contribution in [0.2, 0.25) is 10.0 Å². The van der Waals surface area contributed by atoms with Crippen molar-refractivity contribution in [2.24, 2.45) is 0 Å². The lowest BCUT2D eigenvalue weighted by Gasteiger charge is -2.10. The number of nitrogens with two attached hydrogens (primary N) is 1. The molecule has 0 aliphatic heterocycles. The second-order valence-electron chi connectivity index (χ2n) is 3.89. The summed E-state index contributed by atoms with van der Waals surface area (Å²) in [6.07, 6.45) is 0. The maximum atomic E-state index is 13.7. The third kappa shape index (κ3) is 2.98. The molecular weight excluding hydrogens is 326 g/mol. The topological polar surface area (TPSA) is 72.2 Å². The average Bonchev–Trinajstić information content (AvgIpc) is 2.38. The van der Waals surface area contributed by atoms with E-state index in [0.29, 0.717) is 0 Å². The summed E-state index contributed by atoms with van der Waals surface area (Å²) in [5.74, 6) is -0.848. The van der Waals surface area contributed by atoms with Crippen LogP contribution in [-0.4, -0.2) is 8.42 Å². The second kappa shape index (κ2) is 5.47. The van der Waals surface area contributed by atoms with Crippen molar-refractivity contribution in [3.63, 3.8) is 0 Å². The molecule has 0 aliphatic rings. The Morgan fingerprint density at radius 3 is 2.45 bits per heavy atom. The molecule has 0 atom stereocenters. The fraction of sp³-hybridized carbons (Fsp3) is 0. The highest BCUT2D eigenvalue weighted by Crippen LogP contribution is 2.27. The van der Waals surface area contributed by atoms with Crippen molar-refractivity contribution >= 4 is 44.6 Å². The van der Waals surface area contributed by atoms with Gasteiger partial charge in [-0.1, -0.05) is 29.3 Å². The van der Waals surface area contributed by atoms with Gasteiger partial charge in [0.2, 0.25) is 0 Å². The third-order valence-corrected chi connectivity index (χ3v) is 4.47. The molecule has 0 unspecified atom stereocenters. The monoisotopic (exact) mass is 334 g/mol. The van der Waals surface area contributed by atoms with Gasteiger partial charge >= 0.3 is 0 Å². The van der Waals surface area contributed by atoms with E-state index in [0.717, 1.165) is 0 Å². The minimum atomic E-state index is -3.98. The van der Waals surface area contributed by atoms with Crippen LogP contribution in [0, 0.1) is 5.82 Å². The predicted molar refractivity (Wildman–Crippen MR) is 78.1 cm³/mol.